The van der Waals surface area contributed by atoms with Gasteiger partial charge in [-0.1, -0.05) is 0 Å². The number of nitrogens with one attached hydrogen (secondary N) is 1. The van der Waals surface area contributed by atoms with E-state index in [9.17, 15) is 4.79 Å². The Hall–Kier alpha value is -1.98. The summed E-state index contributed by atoms with van der Waals surface area (Å²) < 4.78 is 4.56. The van der Waals surface area contributed by atoms with Crippen molar-refractivity contribution in [3.8, 4) is 0 Å². The zero-order valence-corrected chi connectivity index (χ0v) is 7.74. The summed E-state index contributed by atoms with van der Waals surface area (Å²) in [5.74, 6) is 0.0819. The maximum Gasteiger partial charge on any atom is 0.360 e. The van der Waals surface area contributed by atoms with Crippen LogP contribution in [0, 0.1) is 6.92 Å². The molecule has 1 N–H and O–H groups in total. The molecular weight excluding hydrogens is 184 g/mol. The molecule has 0 spiro atoms. The molecule has 0 amide bonds. The number of carbonyl (C=O) groups excluding carboxylic acids is 1. The summed E-state index contributed by atoms with van der Waals surface area (Å²) in [4.78, 5) is 19.3. The van der Waals surface area contributed by atoms with Gasteiger partial charge in [-0.15, -0.1) is 0 Å². The van der Waals surface area contributed by atoms with Gasteiger partial charge in [0.2, 0.25) is 0 Å². The van der Waals surface area contributed by atoms with Crippen molar-refractivity contribution < 1.29 is 9.53 Å². The molecule has 0 saturated carbocycles. The Morgan fingerprint density at radius 2 is 2.36 bits per heavy atom. The number of hydrogen-bond donors (Lipinski definition) is 1. The van der Waals surface area contributed by atoms with E-state index >= 15 is 0 Å². The first-order valence-corrected chi connectivity index (χ1v) is 3.98. The fourth-order valence-corrected chi connectivity index (χ4v) is 1.14. The number of rotatable bonds is 1. The number of esters is 1. The van der Waals surface area contributed by atoms with Crippen LogP contribution in [0.2, 0.25) is 0 Å². The van der Waals surface area contributed by atoms with Crippen molar-refractivity contribution >= 4 is 17.0 Å². The second-order valence-electron chi connectivity index (χ2n) is 2.74. The van der Waals surface area contributed by atoms with Gasteiger partial charge in [-0.2, -0.15) is 5.10 Å². The lowest BCUT2D eigenvalue weighted by Crippen LogP contribution is -2.03. The van der Waals surface area contributed by atoms with E-state index in [0.717, 1.165) is 0 Å². The van der Waals surface area contributed by atoms with E-state index in [4.69, 9.17) is 0 Å². The Balaban J connectivity index is 2.67. The van der Waals surface area contributed by atoms with Crippen molar-refractivity contribution in [2.24, 2.45) is 0 Å². The molecule has 14 heavy (non-hydrogen) atoms. The molecule has 72 valence electrons. The number of nitrogens with zero attached hydrogens (tertiary/aromatic N) is 3. The molecule has 0 atom stereocenters. The first-order chi connectivity index (χ1) is 6.72. The van der Waals surface area contributed by atoms with Gasteiger partial charge >= 0.3 is 5.97 Å². The summed E-state index contributed by atoms with van der Waals surface area (Å²) >= 11 is 0. The van der Waals surface area contributed by atoms with Crippen LogP contribution in [0.4, 0.5) is 0 Å². The summed E-state index contributed by atoms with van der Waals surface area (Å²) in [6.07, 6.45) is 1.58. The van der Waals surface area contributed by atoms with Gasteiger partial charge in [-0.25, -0.2) is 14.8 Å². The molecule has 0 unspecified atom stereocenters. The Morgan fingerprint density at radius 1 is 1.57 bits per heavy atom. The van der Waals surface area contributed by atoms with Gasteiger partial charge in [0.1, 0.15) is 16.9 Å². The van der Waals surface area contributed by atoms with Gasteiger partial charge in [0.25, 0.3) is 0 Å². The van der Waals surface area contributed by atoms with Gasteiger partial charge in [0.05, 0.1) is 13.3 Å². The first kappa shape index (κ1) is 8.61. The topological polar surface area (TPSA) is 80.8 Å². The fraction of sp³-hybridized carbons (Fsp3) is 0.250. The summed E-state index contributed by atoms with van der Waals surface area (Å²) in [6.45, 7) is 1.74. The predicted molar refractivity (Wildman–Crippen MR) is 47.8 cm³/mol. The smallest absolute Gasteiger partial charge is 0.360 e. The minimum atomic E-state index is -0.505. The molecule has 0 aliphatic rings. The van der Waals surface area contributed by atoms with Crippen LogP contribution in [0.1, 0.15) is 16.3 Å². The molecule has 0 fully saturated rings. The van der Waals surface area contributed by atoms with E-state index in [1.54, 1.807) is 13.1 Å². The maximum absolute atomic E-state index is 11.2. The predicted octanol–water partition coefficient (Wildman–Crippen LogP) is 0.448. The van der Waals surface area contributed by atoms with Crippen LogP contribution in [0.3, 0.4) is 0 Å². The van der Waals surface area contributed by atoms with Crippen LogP contribution in [-0.2, 0) is 4.74 Å². The zero-order chi connectivity index (χ0) is 10.1. The van der Waals surface area contributed by atoms with Crippen molar-refractivity contribution in [2.45, 2.75) is 6.92 Å². The molecule has 2 heterocycles. The van der Waals surface area contributed by atoms with Gasteiger partial charge < -0.3 is 4.74 Å². The van der Waals surface area contributed by atoms with E-state index < -0.39 is 5.97 Å². The number of aromatic nitrogens is 4. The molecule has 2 aromatic heterocycles. The SMILES string of the molecule is COC(=O)c1n[nH]c2cnc(C)nc12. The number of aryl methyl sites for hydroxylation is 1. The average Bonchev–Trinajstić information content (AvgIpc) is 2.59. The second-order valence-corrected chi connectivity index (χ2v) is 2.74. The molecule has 6 heteroatoms. The number of methoxy groups -OCH3 is 1. The highest BCUT2D eigenvalue weighted by atomic mass is 16.5. The summed E-state index contributed by atoms with van der Waals surface area (Å²) in [6, 6.07) is 0. The van der Waals surface area contributed by atoms with Gasteiger partial charge in [-0.3, -0.25) is 5.10 Å². The molecule has 2 aromatic rings. The van der Waals surface area contributed by atoms with Crippen LogP contribution in [0.5, 0.6) is 0 Å². The number of hydrogen-bond acceptors (Lipinski definition) is 5. The van der Waals surface area contributed by atoms with Gasteiger partial charge in [0.15, 0.2) is 5.69 Å². The molecule has 0 saturated heterocycles. The van der Waals surface area contributed by atoms with Crippen molar-refractivity contribution in [2.75, 3.05) is 7.11 Å². The number of ether oxygens (including phenoxy) is 1. The standard InChI is InChI=1S/C8H8N4O2/c1-4-9-3-5-6(10-4)7(12-11-5)8(13)14-2/h3H,1-2H3,(H,11,12). The van der Waals surface area contributed by atoms with Crippen LogP contribution < -0.4 is 0 Å². The maximum atomic E-state index is 11.2. The second kappa shape index (κ2) is 3.06. The molecule has 0 aromatic carbocycles. The molecule has 2 rings (SSSR count). The summed E-state index contributed by atoms with van der Waals surface area (Å²) in [7, 11) is 1.30. The molecule has 0 aliphatic heterocycles. The van der Waals surface area contributed by atoms with Crippen LogP contribution in [0.25, 0.3) is 11.0 Å². The van der Waals surface area contributed by atoms with Crippen molar-refractivity contribution in [3.63, 3.8) is 0 Å². The molecule has 0 bridgehead atoms. The lowest BCUT2D eigenvalue weighted by Gasteiger charge is -1.94. The van der Waals surface area contributed by atoms with Crippen LogP contribution in [-0.4, -0.2) is 33.2 Å². The zero-order valence-electron chi connectivity index (χ0n) is 7.74. The number of fused-ring (bicyclic) bond motifs is 1. The van der Waals surface area contributed by atoms with Gasteiger partial charge in [-0.05, 0) is 6.92 Å². The Labute approximate surface area is 79.3 Å². The highest BCUT2D eigenvalue weighted by Crippen LogP contribution is 2.12. The Morgan fingerprint density at radius 3 is 3.07 bits per heavy atom. The molecular formula is C8H8N4O2. The van der Waals surface area contributed by atoms with E-state index in [1.165, 1.54) is 7.11 Å². The normalized spacial score (nSPS) is 10.4. The molecule has 6 nitrogen and oxygen atoms in total. The van der Waals surface area contributed by atoms with Crippen LogP contribution in [0.15, 0.2) is 6.20 Å². The summed E-state index contributed by atoms with van der Waals surface area (Å²) in [5.41, 5.74) is 1.30. The van der Waals surface area contributed by atoms with Crippen molar-refractivity contribution in [1.29, 1.82) is 0 Å². The third kappa shape index (κ3) is 1.20. The summed E-state index contributed by atoms with van der Waals surface area (Å²) in [5, 5.41) is 6.46. The third-order valence-electron chi connectivity index (χ3n) is 1.80. The number of aromatic amines is 1. The highest BCUT2D eigenvalue weighted by molar-refractivity contribution is 5.99. The highest BCUT2D eigenvalue weighted by Gasteiger charge is 2.15. The van der Waals surface area contributed by atoms with Gasteiger partial charge in [0, 0.05) is 0 Å². The third-order valence-corrected chi connectivity index (χ3v) is 1.80. The van der Waals surface area contributed by atoms with E-state index in [1.807, 2.05) is 0 Å². The monoisotopic (exact) mass is 192 g/mol. The lowest BCUT2D eigenvalue weighted by molar-refractivity contribution is 0.0596. The largest absolute Gasteiger partial charge is 0.464 e. The van der Waals surface area contributed by atoms with Crippen molar-refractivity contribution in [1.82, 2.24) is 20.2 Å². The van der Waals surface area contributed by atoms with E-state index in [2.05, 4.69) is 24.9 Å². The van der Waals surface area contributed by atoms with Crippen LogP contribution >= 0.6 is 0 Å². The Bertz CT molecular complexity index is 491. The Kier molecular flexibility index (Phi) is 1.88. The average molecular weight is 192 g/mol. The minimum Gasteiger partial charge on any atom is -0.464 e. The fourth-order valence-electron chi connectivity index (χ4n) is 1.14. The van der Waals surface area contributed by atoms with Crippen molar-refractivity contribution in [3.05, 3.63) is 17.7 Å². The number of H-pyrrole nitrogens is 1. The van der Waals surface area contributed by atoms with E-state index in [-0.39, 0.29) is 5.69 Å². The first-order valence-electron chi connectivity index (χ1n) is 3.98. The number of carbonyl (C=O) groups is 1. The molecule has 0 aliphatic carbocycles. The molecule has 0 radical (unpaired) electrons. The lowest BCUT2D eigenvalue weighted by atomic mass is 10.3. The quantitative estimate of drug-likeness (QED) is 0.663. The van der Waals surface area contributed by atoms with E-state index in [0.29, 0.717) is 16.9 Å². The minimum absolute atomic E-state index is 0.188.